The number of aromatic nitrogens is 3. The topological polar surface area (TPSA) is 115 Å². The summed E-state index contributed by atoms with van der Waals surface area (Å²) in [6.07, 6.45) is 3.43. The first-order valence-corrected chi connectivity index (χ1v) is 10.6. The van der Waals surface area contributed by atoms with E-state index in [0.29, 0.717) is 53.1 Å². The van der Waals surface area contributed by atoms with E-state index in [0.717, 1.165) is 11.1 Å². The number of carbonyl (C=O) groups excluding carboxylic acids is 1. The summed E-state index contributed by atoms with van der Waals surface area (Å²) in [5.74, 6) is 0.266. The number of anilines is 2. The molecule has 32 heavy (non-hydrogen) atoms. The maximum absolute atomic E-state index is 13.0. The van der Waals surface area contributed by atoms with Gasteiger partial charge in [-0.1, -0.05) is 17.7 Å². The van der Waals surface area contributed by atoms with Gasteiger partial charge in [-0.05, 0) is 48.7 Å². The molecule has 0 aliphatic carbocycles. The summed E-state index contributed by atoms with van der Waals surface area (Å²) in [6.45, 7) is 2.50. The van der Waals surface area contributed by atoms with E-state index in [2.05, 4.69) is 26.3 Å². The number of pyridine rings is 1. The number of nitrogens with zero attached hydrogens (tertiary/aromatic N) is 5. The van der Waals surface area contributed by atoms with Crippen molar-refractivity contribution in [2.45, 2.75) is 25.9 Å². The van der Waals surface area contributed by atoms with E-state index in [-0.39, 0.29) is 12.3 Å². The molecule has 2 aromatic heterocycles. The van der Waals surface area contributed by atoms with Crippen molar-refractivity contribution in [3.63, 3.8) is 0 Å². The number of halogens is 1. The van der Waals surface area contributed by atoms with Crippen LogP contribution >= 0.6 is 11.6 Å². The number of nitriles is 1. The molecular weight excluding hydrogens is 428 g/mol. The molecule has 8 nitrogen and oxygen atoms in total. The van der Waals surface area contributed by atoms with E-state index < -0.39 is 6.10 Å². The average molecular weight is 449 g/mol. The third-order valence-electron chi connectivity index (χ3n) is 5.17. The van der Waals surface area contributed by atoms with Crippen LogP contribution in [0.2, 0.25) is 5.15 Å². The predicted molar refractivity (Wildman–Crippen MR) is 121 cm³/mol. The van der Waals surface area contributed by atoms with Gasteiger partial charge in [0.25, 0.3) is 0 Å². The summed E-state index contributed by atoms with van der Waals surface area (Å²) in [4.78, 5) is 27.3. The number of hydrogen-bond donors (Lipinski definition) is 2. The third-order valence-corrected chi connectivity index (χ3v) is 5.51. The lowest BCUT2D eigenvalue weighted by Gasteiger charge is -2.19. The Morgan fingerprint density at radius 2 is 2.19 bits per heavy atom. The molecule has 1 aliphatic heterocycles. The predicted octanol–water partition coefficient (Wildman–Crippen LogP) is 2.99. The van der Waals surface area contributed by atoms with Crippen molar-refractivity contribution in [1.82, 2.24) is 15.0 Å². The van der Waals surface area contributed by atoms with Gasteiger partial charge in [0.05, 0.1) is 29.5 Å². The van der Waals surface area contributed by atoms with Gasteiger partial charge in [0.15, 0.2) is 0 Å². The zero-order chi connectivity index (χ0) is 22.7. The first kappa shape index (κ1) is 21.7. The number of fused-ring (bicyclic) bond motifs is 1. The lowest BCUT2D eigenvalue weighted by atomic mass is 10.0. The second-order valence-electron chi connectivity index (χ2n) is 7.56. The number of rotatable bonds is 6. The fourth-order valence-corrected chi connectivity index (χ4v) is 3.87. The molecular formula is C23H21ClN6O2. The highest BCUT2D eigenvalue weighted by Gasteiger charge is 2.29. The summed E-state index contributed by atoms with van der Waals surface area (Å²) >= 11 is 6.11. The molecule has 1 aliphatic rings. The van der Waals surface area contributed by atoms with Crippen molar-refractivity contribution in [3.05, 3.63) is 64.6 Å². The van der Waals surface area contributed by atoms with Gasteiger partial charge in [0.1, 0.15) is 11.2 Å². The van der Waals surface area contributed by atoms with E-state index in [1.165, 1.54) is 0 Å². The molecule has 0 saturated carbocycles. The molecule has 3 aromatic rings. The molecule has 0 saturated heterocycles. The molecule has 2 N–H and O–H groups in total. The van der Waals surface area contributed by atoms with Crippen molar-refractivity contribution in [2.75, 3.05) is 23.3 Å². The number of amides is 1. The van der Waals surface area contributed by atoms with E-state index in [1.807, 2.05) is 6.07 Å². The fraction of sp³-hybridized carbons (Fsp3) is 0.261. The zero-order valence-electron chi connectivity index (χ0n) is 17.4. The molecule has 0 spiro atoms. The molecule has 0 fully saturated rings. The maximum atomic E-state index is 13.0. The second-order valence-corrected chi connectivity index (χ2v) is 7.92. The Labute approximate surface area is 190 Å². The molecule has 0 bridgehead atoms. The Balaban J connectivity index is 1.62. The van der Waals surface area contributed by atoms with Crippen LogP contribution in [0.3, 0.4) is 0 Å². The van der Waals surface area contributed by atoms with Crippen LogP contribution < -0.4 is 10.2 Å². The van der Waals surface area contributed by atoms with Gasteiger partial charge < -0.3 is 15.3 Å². The number of benzene rings is 1. The Morgan fingerprint density at radius 3 is 2.94 bits per heavy atom. The van der Waals surface area contributed by atoms with E-state index in [1.54, 1.807) is 48.5 Å². The molecule has 1 amide bonds. The third kappa shape index (κ3) is 4.54. The van der Waals surface area contributed by atoms with Crippen LogP contribution in [0.25, 0.3) is 11.3 Å². The van der Waals surface area contributed by atoms with E-state index in [9.17, 15) is 15.2 Å². The zero-order valence-corrected chi connectivity index (χ0v) is 18.2. The molecule has 0 radical (unpaired) electrons. The van der Waals surface area contributed by atoms with Crippen molar-refractivity contribution in [1.29, 1.82) is 5.26 Å². The minimum atomic E-state index is -0.530. The molecule has 1 atom stereocenters. The van der Waals surface area contributed by atoms with Crippen LogP contribution in [0, 0.1) is 11.3 Å². The minimum Gasteiger partial charge on any atom is -0.392 e. The van der Waals surface area contributed by atoms with Gasteiger partial charge in [-0.15, -0.1) is 0 Å². The summed E-state index contributed by atoms with van der Waals surface area (Å²) in [5, 5.41) is 22.6. The lowest BCUT2D eigenvalue weighted by Crippen LogP contribution is -2.31. The molecule has 9 heteroatoms. The highest BCUT2D eigenvalue weighted by Crippen LogP contribution is 2.36. The average Bonchev–Trinajstić information content (AvgIpc) is 3.23. The smallest absolute Gasteiger partial charge is 0.231 e. The number of aliphatic hydroxyl groups excluding tert-OH is 1. The Morgan fingerprint density at radius 1 is 1.34 bits per heavy atom. The Bertz CT molecular complexity index is 1210. The largest absolute Gasteiger partial charge is 0.392 e. The minimum absolute atomic E-state index is 0.114. The second kappa shape index (κ2) is 9.30. The van der Waals surface area contributed by atoms with Crippen LogP contribution in [-0.2, 0) is 17.6 Å². The summed E-state index contributed by atoms with van der Waals surface area (Å²) in [6, 6.07) is 11.2. The highest BCUT2D eigenvalue weighted by atomic mass is 35.5. The van der Waals surface area contributed by atoms with Gasteiger partial charge in [0.2, 0.25) is 11.9 Å². The van der Waals surface area contributed by atoms with Crippen LogP contribution in [0.4, 0.5) is 11.6 Å². The molecule has 162 valence electrons. The van der Waals surface area contributed by atoms with Crippen molar-refractivity contribution in [2.24, 2.45) is 0 Å². The van der Waals surface area contributed by atoms with Crippen molar-refractivity contribution >= 4 is 29.1 Å². The Hall–Kier alpha value is -3.54. The van der Waals surface area contributed by atoms with Gasteiger partial charge in [-0.3, -0.25) is 4.79 Å². The number of aliphatic hydroxyl groups is 1. The van der Waals surface area contributed by atoms with E-state index in [4.69, 9.17) is 11.6 Å². The normalized spacial score (nSPS) is 13.4. The highest BCUT2D eigenvalue weighted by molar-refractivity contribution is 6.30. The Kier molecular flexibility index (Phi) is 6.30. The SMILES string of the molecule is CC(O)CNc1nccc(-c2cc(C#N)c3c(c2)CCN3C(=O)Cc2cccnc2Cl)n1. The number of carbonyl (C=O) groups is 1. The van der Waals surface area contributed by atoms with Gasteiger partial charge in [-0.25, -0.2) is 15.0 Å². The van der Waals surface area contributed by atoms with Crippen molar-refractivity contribution < 1.29 is 9.90 Å². The maximum Gasteiger partial charge on any atom is 0.231 e. The first-order chi connectivity index (χ1) is 15.5. The van der Waals surface area contributed by atoms with Gasteiger partial charge in [0, 0.05) is 31.0 Å². The summed E-state index contributed by atoms with van der Waals surface area (Å²) in [5.41, 5.74) is 4.05. The van der Waals surface area contributed by atoms with Crippen molar-refractivity contribution in [3.8, 4) is 17.3 Å². The van der Waals surface area contributed by atoms with Gasteiger partial charge >= 0.3 is 0 Å². The fourth-order valence-electron chi connectivity index (χ4n) is 3.68. The van der Waals surface area contributed by atoms with E-state index >= 15 is 0 Å². The van der Waals surface area contributed by atoms with Crippen LogP contribution in [0.5, 0.6) is 0 Å². The molecule has 1 unspecified atom stereocenters. The number of hydrogen-bond acceptors (Lipinski definition) is 7. The lowest BCUT2D eigenvalue weighted by molar-refractivity contribution is -0.117. The summed E-state index contributed by atoms with van der Waals surface area (Å²) < 4.78 is 0. The number of nitrogens with one attached hydrogen (secondary N) is 1. The standard InChI is InChI=1S/C23H21ClN6O2/c1-14(31)13-28-23-27-7-4-19(29-23)17-9-15-5-8-30(21(15)18(10-17)12-25)20(32)11-16-3-2-6-26-22(16)24/h2-4,6-7,9-10,14,31H,5,8,11,13H2,1H3,(H,27,28,29). The summed E-state index contributed by atoms with van der Waals surface area (Å²) in [7, 11) is 0. The molecule has 3 heterocycles. The molecule has 1 aromatic carbocycles. The van der Waals surface area contributed by atoms with Crippen LogP contribution in [0.1, 0.15) is 23.6 Å². The first-order valence-electron chi connectivity index (χ1n) is 10.2. The van der Waals surface area contributed by atoms with Crippen LogP contribution in [-0.4, -0.2) is 45.2 Å². The monoisotopic (exact) mass is 448 g/mol. The quantitative estimate of drug-likeness (QED) is 0.557. The van der Waals surface area contributed by atoms with Gasteiger partial charge in [-0.2, -0.15) is 5.26 Å². The molecule has 4 rings (SSSR count). The van der Waals surface area contributed by atoms with Crippen LogP contribution in [0.15, 0.2) is 42.7 Å².